The Labute approximate surface area is 501 Å². The molecule has 0 aliphatic rings. The van der Waals surface area contributed by atoms with Gasteiger partial charge in [-0.2, -0.15) is 0 Å². The van der Waals surface area contributed by atoms with E-state index in [1.165, 1.54) is 127 Å². The molecule has 84 heavy (non-hydrogen) atoms. The highest BCUT2D eigenvalue weighted by atomic mass is 15.1. The van der Waals surface area contributed by atoms with Gasteiger partial charge in [-0.15, -0.1) is 0 Å². The van der Waals surface area contributed by atoms with E-state index in [-0.39, 0.29) is 32.5 Å². The molecule has 11 aromatic carbocycles. The van der Waals surface area contributed by atoms with Gasteiger partial charge in [0, 0.05) is 32.9 Å². The number of aromatic nitrogens is 1. The fraction of sp³-hybridized carbons (Fsp3) is 0.293. The van der Waals surface area contributed by atoms with Gasteiger partial charge >= 0.3 is 0 Å². The second-order valence-electron chi connectivity index (χ2n) is 30.5. The molecule has 2 nitrogen and oxygen atoms in total. The van der Waals surface area contributed by atoms with Gasteiger partial charge in [0.1, 0.15) is 0 Å². The summed E-state index contributed by atoms with van der Waals surface area (Å²) in [6, 6.07) is 75.4. The maximum Gasteiger partial charge on any atom is 0.0541 e. The predicted octanol–water partition coefficient (Wildman–Crippen LogP) is 23.9. The summed E-state index contributed by atoms with van der Waals surface area (Å²) < 4.78 is 2.48. The molecule has 0 spiro atoms. The third-order valence-corrected chi connectivity index (χ3v) is 18.0. The molecule has 2 heteroatoms. The maximum absolute atomic E-state index is 2.56. The summed E-state index contributed by atoms with van der Waals surface area (Å²) in [5.41, 5.74) is 22.2. The monoisotopic (exact) mass is 1100 g/mol. The molecule has 0 bridgehead atoms. The fourth-order valence-electron chi connectivity index (χ4n) is 12.6. The second kappa shape index (κ2) is 19.8. The van der Waals surface area contributed by atoms with Crippen molar-refractivity contribution in [3.8, 4) is 39.1 Å². The van der Waals surface area contributed by atoms with Crippen LogP contribution in [0.5, 0.6) is 0 Å². The molecule has 0 amide bonds. The smallest absolute Gasteiger partial charge is 0.0541 e. The summed E-state index contributed by atoms with van der Waals surface area (Å²) in [5, 5.41) is 10.0. The van der Waals surface area contributed by atoms with Gasteiger partial charge in [-0.3, -0.25) is 0 Å². The van der Waals surface area contributed by atoms with Gasteiger partial charge in [-0.25, -0.2) is 0 Å². The van der Waals surface area contributed by atoms with E-state index >= 15 is 0 Å². The van der Waals surface area contributed by atoms with Crippen LogP contribution in [0.2, 0.25) is 0 Å². The minimum absolute atomic E-state index is 0.000756. The standard InChI is InChI=1S/C82H86N2/c1-77(2,3)59-40-54(57-44-62(80(10,11)12)49-63(45-57)81(13,14)15)39-55(41-59)58-46-64(82(16,17)18)50-66(47-58)83(65-33-27-51(28-34-65)56-42-60(78(4,5)6)48-61(43-56)79(7,8)9)73-37-31-52-30-36-70-74(38-32-53-29-35-69(73)75(52)76(53)70)84-71-25-21-19-23-67(71)68-24-20-22-26-72(68)84/h19-50H,1-18H3. The number of hydrogen-bond donors (Lipinski definition) is 0. The molecule has 1 heterocycles. The van der Waals surface area contributed by atoms with Crippen LogP contribution < -0.4 is 4.90 Å². The number of fused-ring (bicyclic) bond motifs is 3. The highest BCUT2D eigenvalue weighted by molar-refractivity contribution is 6.27. The Morgan fingerprint density at radius 2 is 0.619 bits per heavy atom. The Morgan fingerprint density at radius 1 is 0.262 bits per heavy atom. The molecule has 1 aromatic heterocycles. The Kier molecular flexibility index (Phi) is 13.4. The van der Waals surface area contributed by atoms with Gasteiger partial charge in [0.05, 0.1) is 22.4 Å². The van der Waals surface area contributed by atoms with E-state index in [9.17, 15) is 0 Å². The van der Waals surface area contributed by atoms with Crippen molar-refractivity contribution < 1.29 is 0 Å². The lowest BCUT2D eigenvalue weighted by molar-refractivity contribution is 0.568. The molecule has 0 unspecified atom stereocenters. The minimum atomic E-state index is -0.165. The van der Waals surface area contributed by atoms with Gasteiger partial charge in [-0.1, -0.05) is 264 Å². The molecule has 12 rings (SSSR count). The van der Waals surface area contributed by atoms with Crippen molar-refractivity contribution in [2.75, 3.05) is 4.90 Å². The van der Waals surface area contributed by atoms with Gasteiger partial charge in [0.15, 0.2) is 0 Å². The number of anilines is 3. The van der Waals surface area contributed by atoms with E-state index in [1.807, 2.05) is 0 Å². The highest BCUT2D eigenvalue weighted by Crippen LogP contribution is 2.49. The number of benzene rings is 11. The zero-order valence-corrected chi connectivity index (χ0v) is 53.4. The van der Waals surface area contributed by atoms with Gasteiger partial charge in [0.2, 0.25) is 0 Å². The lowest BCUT2D eigenvalue weighted by Gasteiger charge is -2.31. The first kappa shape index (κ1) is 56.5. The highest BCUT2D eigenvalue weighted by Gasteiger charge is 2.28. The second-order valence-corrected chi connectivity index (χ2v) is 30.5. The average molecular weight is 1100 g/mol. The van der Waals surface area contributed by atoms with E-state index in [4.69, 9.17) is 0 Å². The molecular weight excluding hydrogens is 1010 g/mol. The SMILES string of the molecule is CC(C)(C)c1cc(-c2cc(N(c3ccc(-c4cc(C(C)(C)C)cc(C(C)(C)C)c4)cc3)c3ccc4ccc5c(-n6c7ccccc7c7ccccc76)ccc6ccc3c4c65)cc(C(C)(C)C)c2)cc(-c2cc(C(C)(C)C)cc(C(C)(C)C)c2)c1. The number of para-hydroxylation sites is 2. The molecule has 0 fully saturated rings. The molecule has 0 radical (unpaired) electrons. The van der Waals surface area contributed by atoms with Crippen molar-refractivity contribution in [1.82, 2.24) is 4.57 Å². The van der Waals surface area contributed by atoms with Crippen molar-refractivity contribution >= 4 is 71.2 Å². The maximum atomic E-state index is 2.56. The molecule has 12 aromatic rings. The third-order valence-electron chi connectivity index (χ3n) is 18.0. The summed E-state index contributed by atoms with van der Waals surface area (Å²) >= 11 is 0. The minimum Gasteiger partial charge on any atom is -0.310 e. The summed E-state index contributed by atoms with van der Waals surface area (Å²) in [5.74, 6) is 0. The summed E-state index contributed by atoms with van der Waals surface area (Å²) in [6.45, 7) is 42.2. The molecule has 0 aliphatic carbocycles. The van der Waals surface area contributed by atoms with Crippen molar-refractivity contribution in [2.45, 2.75) is 157 Å². The Balaban J connectivity index is 1.12. The average Bonchev–Trinajstić information content (AvgIpc) is 1.20. The molecule has 0 N–H and O–H groups in total. The van der Waals surface area contributed by atoms with Crippen LogP contribution in [0.15, 0.2) is 194 Å². The van der Waals surface area contributed by atoms with E-state index in [0.717, 1.165) is 17.1 Å². The normalized spacial score (nSPS) is 13.1. The van der Waals surface area contributed by atoms with Crippen LogP contribution in [0, 0.1) is 0 Å². The lowest BCUT2D eigenvalue weighted by atomic mass is 9.78. The van der Waals surface area contributed by atoms with E-state index in [0.29, 0.717) is 0 Å². The van der Waals surface area contributed by atoms with Crippen LogP contribution in [0.25, 0.3) is 93.2 Å². The number of hydrogen-bond acceptors (Lipinski definition) is 1. The Hall–Kier alpha value is -7.94. The van der Waals surface area contributed by atoms with Crippen LogP contribution in [0.3, 0.4) is 0 Å². The largest absolute Gasteiger partial charge is 0.310 e. The molecule has 0 atom stereocenters. The number of rotatable bonds is 7. The molecular formula is C82H86N2. The molecule has 424 valence electrons. The van der Waals surface area contributed by atoms with E-state index in [1.54, 1.807) is 0 Å². The first-order chi connectivity index (χ1) is 39.4. The lowest BCUT2D eigenvalue weighted by Crippen LogP contribution is -2.17. The molecule has 0 saturated heterocycles. The van der Waals surface area contributed by atoms with E-state index < -0.39 is 0 Å². The van der Waals surface area contributed by atoms with Crippen molar-refractivity contribution in [1.29, 1.82) is 0 Å². The van der Waals surface area contributed by atoms with Crippen LogP contribution in [-0.4, -0.2) is 4.57 Å². The summed E-state index contributed by atoms with van der Waals surface area (Å²) in [4.78, 5) is 2.56. The van der Waals surface area contributed by atoms with Gasteiger partial charge in [-0.05, 0) is 175 Å². The molecule has 0 saturated carbocycles. The first-order valence-corrected chi connectivity index (χ1v) is 30.6. The van der Waals surface area contributed by atoms with Crippen molar-refractivity contribution in [2.24, 2.45) is 0 Å². The zero-order valence-electron chi connectivity index (χ0n) is 53.4. The third kappa shape index (κ3) is 10.3. The Bertz CT molecular complexity index is 4400. The first-order valence-electron chi connectivity index (χ1n) is 30.6. The van der Waals surface area contributed by atoms with Gasteiger partial charge in [0.25, 0.3) is 0 Å². The van der Waals surface area contributed by atoms with Crippen molar-refractivity contribution in [3.63, 3.8) is 0 Å². The predicted molar refractivity (Wildman–Crippen MR) is 368 cm³/mol. The van der Waals surface area contributed by atoms with Crippen LogP contribution >= 0.6 is 0 Å². The zero-order chi connectivity index (χ0) is 59.8. The molecule has 0 aliphatic heterocycles. The van der Waals surface area contributed by atoms with Crippen LogP contribution in [0.4, 0.5) is 17.1 Å². The Morgan fingerprint density at radius 3 is 1.08 bits per heavy atom. The fourth-order valence-corrected chi connectivity index (χ4v) is 12.6. The number of nitrogens with zero attached hydrogens (tertiary/aromatic N) is 2. The van der Waals surface area contributed by atoms with Crippen LogP contribution in [0.1, 0.15) is 158 Å². The van der Waals surface area contributed by atoms with E-state index in [2.05, 4.69) is 328 Å². The quantitative estimate of drug-likeness (QED) is 0.144. The van der Waals surface area contributed by atoms with Crippen molar-refractivity contribution in [3.05, 3.63) is 228 Å². The summed E-state index contributed by atoms with van der Waals surface area (Å²) in [7, 11) is 0. The summed E-state index contributed by atoms with van der Waals surface area (Å²) in [6.07, 6.45) is 0. The van der Waals surface area contributed by atoms with Gasteiger partial charge < -0.3 is 9.47 Å². The topological polar surface area (TPSA) is 8.17 Å². The van der Waals surface area contributed by atoms with Crippen LogP contribution in [-0.2, 0) is 32.5 Å².